The Morgan fingerprint density at radius 3 is 2.51 bits per heavy atom. The molecule has 0 saturated carbocycles. The fourth-order valence-corrected chi connectivity index (χ4v) is 4.67. The second kappa shape index (κ2) is 11.1. The van der Waals surface area contributed by atoms with Crippen molar-refractivity contribution in [3.05, 3.63) is 94.5 Å². The fraction of sp³-hybridized carbons (Fsp3) is 0.310. The normalized spacial score (nSPS) is 15.9. The van der Waals surface area contributed by atoms with Crippen molar-refractivity contribution < 1.29 is 32.6 Å². The molecule has 1 aliphatic rings. The van der Waals surface area contributed by atoms with Crippen LogP contribution in [0.2, 0.25) is 0 Å². The van der Waals surface area contributed by atoms with Gasteiger partial charge in [0.2, 0.25) is 0 Å². The molecule has 194 valence electrons. The summed E-state index contributed by atoms with van der Waals surface area (Å²) in [5.74, 6) is -0.154. The number of hydrogen-bond acceptors (Lipinski definition) is 3. The SMILES string of the molecule is Cc1cc(Oc2cccc(C(=O)N3CCCC(c4cccc(C(F)(F)F)c4)C3)c2)ccc1CCC(=O)O. The predicted octanol–water partition coefficient (Wildman–Crippen LogP) is 6.84. The molecule has 8 heteroatoms. The minimum absolute atomic E-state index is 0.0519. The number of benzene rings is 3. The summed E-state index contributed by atoms with van der Waals surface area (Å²) in [6.45, 7) is 2.78. The topological polar surface area (TPSA) is 66.8 Å². The van der Waals surface area contributed by atoms with Crippen molar-refractivity contribution in [2.24, 2.45) is 0 Å². The molecule has 1 atom stereocenters. The van der Waals surface area contributed by atoms with Gasteiger partial charge in [-0.2, -0.15) is 13.2 Å². The smallest absolute Gasteiger partial charge is 0.416 e. The minimum Gasteiger partial charge on any atom is -0.481 e. The van der Waals surface area contributed by atoms with Gasteiger partial charge in [-0.3, -0.25) is 9.59 Å². The second-order valence-corrected chi connectivity index (χ2v) is 9.33. The molecule has 3 aromatic rings. The van der Waals surface area contributed by atoms with Crippen LogP contribution in [-0.4, -0.2) is 35.0 Å². The Hall–Kier alpha value is -3.81. The minimum atomic E-state index is -4.40. The third kappa shape index (κ3) is 6.70. The lowest BCUT2D eigenvalue weighted by molar-refractivity contribution is -0.138. The van der Waals surface area contributed by atoms with Crippen LogP contribution in [0.25, 0.3) is 0 Å². The van der Waals surface area contributed by atoms with Crippen molar-refractivity contribution in [1.29, 1.82) is 0 Å². The molecule has 37 heavy (non-hydrogen) atoms. The van der Waals surface area contributed by atoms with E-state index in [4.69, 9.17) is 9.84 Å². The number of carbonyl (C=O) groups excluding carboxylic acids is 1. The molecule has 1 amide bonds. The van der Waals surface area contributed by atoms with Crippen LogP contribution < -0.4 is 4.74 Å². The number of rotatable bonds is 7. The van der Waals surface area contributed by atoms with E-state index in [0.717, 1.165) is 23.6 Å². The largest absolute Gasteiger partial charge is 0.481 e. The van der Waals surface area contributed by atoms with Crippen molar-refractivity contribution >= 4 is 11.9 Å². The molecule has 3 aromatic carbocycles. The Morgan fingerprint density at radius 1 is 1.03 bits per heavy atom. The molecule has 4 rings (SSSR count). The Morgan fingerprint density at radius 2 is 1.78 bits per heavy atom. The number of amides is 1. The number of carboxylic acid groups (broad SMARTS) is 1. The monoisotopic (exact) mass is 511 g/mol. The molecule has 1 heterocycles. The standard InChI is InChI=1S/C29H28F3NO4/c1-19-15-26(12-10-20(19)11-13-27(34)35)37-25-9-3-6-22(17-25)28(36)33-14-4-7-23(18-33)21-5-2-8-24(16-21)29(30,31)32/h2-3,5-6,8-10,12,15-17,23H,4,7,11,13-14,18H2,1H3,(H,34,35). The second-order valence-electron chi connectivity index (χ2n) is 9.33. The zero-order valence-electron chi connectivity index (χ0n) is 20.4. The number of carboxylic acids is 1. The van der Waals surface area contributed by atoms with Crippen LogP contribution in [-0.2, 0) is 17.4 Å². The van der Waals surface area contributed by atoms with Crippen molar-refractivity contribution in [3.63, 3.8) is 0 Å². The number of aliphatic carboxylic acids is 1. The third-order valence-corrected chi connectivity index (χ3v) is 6.63. The molecule has 1 N–H and O–H groups in total. The van der Waals surface area contributed by atoms with Crippen molar-refractivity contribution in [2.45, 2.75) is 44.7 Å². The average molecular weight is 512 g/mol. The molecule has 0 aliphatic carbocycles. The zero-order valence-corrected chi connectivity index (χ0v) is 20.4. The summed E-state index contributed by atoms with van der Waals surface area (Å²) in [6, 6.07) is 17.6. The fourth-order valence-electron chi connectivity index (χ4n) is 4.67. The summed E-state index contributed by atoms with van der Waals surface area (Å²) < 4.78 is 45.4. The highest BCUT2D eigenvalue weighted by atomic mass is 19.4. The van der Waals surface area contributed by atoms with Crippen LogP contribution in [0, 0.1) is 6.92 Å². The number of likely N-dealkylation sites (tertiary alicyclic amines) is 1. The van der Waals surface area contributed by atoms with E-state index in [1.54, 1.807) is 41.3 Å². The molecule has 0 spiro atoms. The molecule has 1 saturated heterocycles. The average Bonchev–Trinajstić information content (AvgIpc) is 2.87. The lowest BCUT2D eigenvalue weighted by atomic mass is 9.89. The summed E-state index contributed by atoms with van der Waals surface area (Å²) in [7, 11) is 0. The van der Waals surface area contributed by atoms with E-state index in [-0.39, 0.29) is 18.2 Å². The van der Waals surface area contributed by atoms with E-state index >= 15 is 0 Å². The molecule has 1 fully saturated rings. The first-order valence-corrected chi connectivity index (χ1v) is 12.2. The van der Waals surface area contributed by atoms with Crippen LogP contribution in [0.1, 0.15) is 57.8 Å². The Bertz CT molecular complexity index is 1290. The van der Waals surface area contributed by atoms with Gasteiger partial charge in [0.05, 0.1) is 5.56 Å². The van der Waals surface area contributed by atoms with Crippen molar-refractivity contribution in [3.8, 4) is 11.5 Å². The van der Waals surface area contributed by atoms with Crippen LogP contribution in [0.3, 0.4) is 0 Å². The first-order valence-electron chi connectivity index (χ1n) is 12.2. The lowest BCUT2D eigenvalue weighted by Gasteiger charge is -2.33. The van der Waals surface area contributed by atoms with E-state index in [0.29, 0.717) is 48.6 Å². The maximum atomic E-state index is 13.3. The number of halogens is 3. The zero-order chi connectivity index (χ0) is 26.6. The maximum Gasteiger partial charge on any atom is 0.416 e. The number of nitrogens with zero attached hydrogens (tertiary/aromatic N) is 1. The van der Waals surface area contributed by atoms with Gasteiger partial charge in [0.1, 0.15) is 11.5 Å². The molecule has 0 bridgehead atoms. The molecule has 1 aliphatic heterocycles. The molecule has 5 nitrogen and oxygen atoms in total. The van der Waals surface area contributed by atoms with E-state index in [9.17, 15) is 22.8 Å². The lowest BCUT2D eigenvalue weighted by Crippen LogP contribution is -2.39. The number of aryl methyl sites for hydroxylation is 2. The van der Waals surface area contributed by atoms with Crippen molar-refractivity contribution in [2.75, 3.05) is 13.1 Å². The van der Waals surface area contributed by atoms with E-state index < -0.39 is 17.7 Å². The Balaban J connectivity index is 1.45. The van der Waals surface area contributed by atoms with Crippen LogP contribution in [0.4, 0.5) is 13.2 Å². The quantitative estimate of drug-likeness (QED) is 0.377. The number of alkyl halides is 3. The van der Waals surface area contributed by atoms with Gasteiger partial charge < -0.3 is 14.7 Å². The number of piperidine rings is 1. The van der Waals surface area contributed by atoms with Gasteiger partial charge in [0, 0.05) is 31.0 Å². The molecular formula is C29H28F3NO4. The molecular weight excluding hydrogens is 483 g/mol. The first-order chi connectivity index (χ1) is 17.6. The first kappa shape index (κ1) is 26.3. The summed E-state index contributed by atoms with van der Waals surface area (Å²) in [4.78, 5) is 25.8. The molecule has 1 unspecified atom stereocenters. The maximum absolute atomic E-state index is 13.3. The van der Waals surface area contributed by atoms with Gasteiger partial charge in [-0.25, -0.2) is 0 Å². The summed E-state index contributed by atoms with van der Waals surface area (Å²) in [5, 5.41) is 8.90. The van der Waals surface area contributed by atoms with Gasteiger partial charge in [-0.15, -0.1) is 0 Å². The summed E-state index contributed by atoms with van der Waals surface area (Å²) in [6.07, 6.45) is -2.50. The Labute approximate surface area is 213 Å². The van der Waals surface area contributed by atoms with Gasteiger partial charge >= 0.3 is 12.1 Å². The van der Waals surface area contributed by atoms with E-state index in [2.05, 4.69) is 0 Å². The number of hydrogen-bond donors (Lipinski definition) is 1. The predicted molar refractivity (Wildman–Crippen MR) is 133 cm³/mol. The van der Waals surface area contributed by atoms with Crippen LogP contribution in [0.5, 0.6) is 11.5 Å². The van der Waals surface area contributed by atoms with Crippen LogP contribution >= 0.6 is 0 Å². The Kier molecular flexibility index (Phi) is 7.86. The highest BCUT2D eigenvalue weighted by molar-refractivity contribution is 5.94. The number of carbonyl (C=O) groups is 2. The van der Waals surface area contributed by atoms with Gasteiger partial charge in [-0.05, 0) is 79.3 Å². The number of ether oxygens (including phenoxy) is 1. The van der Waals surface area contributed by atoms with Gasteiger partial charge in [0.25, 0.3) is 5.91 Å². The van der Waals surface area contributed by atoms with Gasteiger partial charge in [0.15, 0.2) is 0 Å². The van der Waals surface area contributed by atoms with Crippen LogP contribution in [0.15, 0.2) is 66.7 Å². The summed E-state index contributed by atoms with van der Waals surface area (Å²) in [5.41, 5.74) is 2.20. The highest BCUT2D eigenvalue weighted by Crippen LogP contribution is 2.34. The van der Waals surface area contributed by atoms with Gasteiger partial charge in [-0.1, -0.05) is 30.3 Å². The van der Waals surface area contributed by atoms with E-state index in [1.165, 1.54) is 12.1 Å². The molecule has 0 radical (unpaired) electrons. The molecule has 0 aromatic heterocycles. The van der Waals surface area contributed by atoms with Crippen molar-refractivity contribution in [1.82, 2.24) is 4.90 Å². The third-order valence-electron chi connectivity index (χ3n) is 6.63. The summed E-state index contributed by atoms with van der Waals surface area (Å²) >= 11 is 0. The highest BCUT2D eigenvalue weighted by Gasteiger charge is 2.32. The van der Waals surface area contributed by atoms with E-state index in [1.807, 2.05) is 19.1 Å².